The zero-order chi connectivity index (χ0) is 13.3. The van der Waals surface area contributed by atoms with Gasteiger partial charge in [-0.25, -0.2) is 4.98 Å². The van der Waals surface area contributed by atoms with Crippen molar-refractivity contribution in [2.45, 2.75) is 26.2 Å². The van der Waals surface area contributed by atoms with Crippen LogP contribution in [0.25, 0.3) is 11.3 Å². The van der Waals surface area contributed by atoms with Crippen molar-refractivity contribution < 1.29 is 4.74 Å². The van der Waals surface area contributed by atoms with Crippen molar-refractivity contribution >= 4 is 15.9 Å². The van der Waals surface area contributed by atoms with E-state index in [9.17, 15) is 0 Å². The number of methoxy groups -OCH3 is 1. The second-order valence-electron chi connectivity index (χ2n) is 5.23. The van der Waals surface area contributed by atoms with Crippen LogP contribution in [0.3, 0.4) is 0 Å². The first kappa shape index (κ1) is 13.1. The monoisotopic (exact) mass is 308 g/mol. The molecular formula is C14H17BrN2O. The number of halogens is 1. The van der Waals surface area contributed by atoms with Crippen LogP contribution in [0.4, 0.5) is 0 Å². The maximum Gasteiger partial charge on any atom is 0.122 e. The molecule has 0 amide bonds. The van der Waals surface area contributed by atoms with Crippen LogP contribution in [0, 0.1) is 0 Å². The van der Waals surface area contributed by atoms with Crippen LogP contribution in [0.5, 0.6) is 5.75 Å². The third kappa shape index (κ3) is 2.43. The fourth-order valence-electron chi connectivity index (χ4n) is 1.92. The van der Waals surface area contributed by atoms with E-state index in [1.165, 1.54) is 5.56 Å². The van der Waals surface area contributed by atoms with Crippen molar-refractivity contribution in [3.05, 3.63) is 34.7 Å². The van der Waals surface area contributed by atoms with E-state index in [0.29, 0.717) is 0 Å². The lowest BCUT2D eigenvalue weighted by atomic mass is 9.85. The van der Waals surface area contributed by atoms with Gasteiger partial charge in [-0.3, -0.25) is 0 Å². The Morgan fingerprint density at radius 2 is 2.00 bits per heavy atom. The lowest BCUT2D eigenvalue weighted by Crippen LogP contribution is -2.12. The Hall–Kier alpha value is -1.29. The minimum Gasteiger partial charge on any atom is -0.496 e. The summed E-state index contributed by atoms with van der Waals surface area (Å²) in [7, 11) is 1.70. The number of nitrogens with zero attached hydrogens (tertiary/aromatic N) is 1. The second kappa shape index (κ2) is 4.76. The lowest BCUT2D eigenvalue weighted by Gasteiger charge is -2.22. The molecule has 2 aromatic rings. The van der Waals surface area contributed by atoms with E-state index >= 15 is 0 Å². The number of H-pyrrole nitrogens is 1. The molecule has 3 nitrogen and oxygen atoms in total. The van der Waals surface area contributed by atoms with Crippen LogP contribution < -0.4 is 4.74 Å². The minimum atomic E-state index is 0.0319. The molecule has 1 aromatic heterocycles. The predicted octanol–water partition coefficient (Wildman–Crippen LogP) is 4.15. The molecule has 18 heavy (non-hydrogen) atoms. The molecule has 2 rings (SSSR count). The summed E-state index contributed by atoms with van der Waals surface area (Å²) in [4.78, 5) is 7.35. The summed E-state index contributed by atoms with van der Waals surface area (Å²) in [6.07, 6.45) is 1.68. The molecule has 0 aliphatic heterocycles. The Morgan fingerprint density at radius 3 is 2.50 bits per heavy atom. The summed E-state index contributed by atoms with van der Waals surface area (Å²) < 4.78 is 6.33. The van der Waals surface area contributed by atoms with Crippen molar-refractivity contribution in [2.24, 2.45) is 0 Å². The number of imidazole rings is 1. The highest BCUT2D eigenvalue weighted by Crippen LogP contribution is 2.35. The molecule has 4 heteroatoms. The number of hydrogen-bond donors (Lipinski definition) is 1. The molecule has 0 saturated carbocycles. The maximum absolute atomic E-state index is 5.43. The first-order chi connectivity index (χ1) is 8.43. The van der Waals surface area contributed by atoms with Gasteiger partial charge < -0.3 is 9.72 Å². The van der Waals surface area contributed by atoms with Crippen molar-refractivity contribution in [2.75, 3.05) is 7.11 Å². The number of benzene rings is 1. The summed E-state index contributed by atoms with van der Waals surface area (Å²) in [5.41, 5.74) is 3.21. The average Bonchev–Trinajstić information content (AvgIpc) is 2.73. The van der Waals surface area contributed by atoms with Gasteiger partial charge in [0.25, 0.3) is 0 Å². The molecule has 1 heterocycles. The predicted molar refractivity (Wildman–Crippen MR) is 77.0 cm³/mol. The van der Waals surface area contributed by atoms with Gasteiger partial charge in [-0.2, -0.15) is 0 Å². The normalized spacial score (nSPS) is 11.6. The van der Waals surface area contributed by atoms with E-state index in [-0.39, 0.29) is 5.41 Å². The summed E-state index contributed by atoms with van der Waals surface area (Å²) in [6, 6.07) is 6.16. The Labute approximate surface area is 116 Å². The van der Waals surface area contributed by atoms with Gasteiger partial charge in [-0.15, -0.1) is 0 Å². The highest BCUT2D eigenvalue weighted by Gasteiger charge is 2.20. The number of ether oxygens (including phenoxy) is 1. The number of rotatable bonds is 2. The zero-order valence-electron chi connectivity index (χ0n) is 11.0. The Balaban J connectivity index is 2.57. The summed E-state index contributed by atoms with van der Waals surface area (Å²) in [5, 5.41) is 0. The van der Waals surface area contributed by atoms with Crippen molar-refractivity contribution in [1.82, 2.24) is 9.97 Å². The summed E-state index contributed by atoms with van der Waals surface area (Å²) in [6.45, 7) is 6.52. The van der Waals surface area contributed by atoms with Crippen LogP contribution in [0.1, 0.15) is 26.3 Å². The van der Waals surface area contributed by atoms with Crippen LogP contribution in [-0.4, -0.2) is 17.1 Å². The van der Waals surface area contributed by atoms with E-state index in [2.05, 4.69) is 52.7 Å². The molecule has 96 valence electrons. The van der Waals surface area contributed by atoms with E-state index in [4.69, 9.17) is 4.74 Å². The molecule has 1 aromatic carbocycles. The number of aromatic nitrogens is 2. The van der Waals surface area contributed by atoms with Crippen LogP contribution in [0.2, 0.25) is 0 Å². The minimum absolute atomic E-state index is 0.0319. The molecule has 0 spiro atoms. The third-order valence-corrected chi connectivity index (χ3v) is 3.48. The molecule has 1 N–H and O–H groups in total. The first-order valence-electron chi connectivity index (χ1n) is 5.81. The topological polar surface area (TPSA) is 37.9 Å². The van der Waals surface area contributed by atoms with E-state index < -0.39 is 0 Å². The van der Waals surface area contributed by atoms with E-state index in [1.807, 2.05) is 12.1 Å². The molecular weight excluding hydrogens is 292 g/mol. The van der Waals surface area contributed by atoms with Gasteiger partial charge >= 0.3 is 0 Å². The van der Waals surface area contributed by atoms with Crippen molar-refractivity contribution in [3.63, 3.8) is 0 Å². The molecule has 0 saturated heterocycles. The van der Waals surface area contributed by atoms with Gasteiger partial charge in [0.1, 0.15) is 16.0 Å². The molecule has 0 fully saturated rings. The second-order valence-corrected chi connectivity index (χ2v) is 6.02. The van der Waals surface area contributed by atoms with Gasteiger partial charge in [0, 0.05) is 11.1 Å². The van der Waals surface area contributed by atoms with Gasteiger partial charge in [0.15, 0.2) is 0 Å². The average molecular weight is 309 g/mol. The standard InChI is InChI=1S/C14H17BrN2O/c1-14(2,3)10-7-9(5-6-11(10)18-4)12-13(15)17-8-16-12/h5-8H,1-4H3,(H,16,17). The molecule has 0 unspecified atom stereocenters. The highest BCUT2D eigenvalue weighted by atomic mass is 79.9. The van der Waals surface area contributed by atoms with Gasteiger partial charge in [-0.1, -0.05) is 20.8 Å². The number of aromatic amines is 1. The summed E-state index contributed by atoms with van der Waals surface area (Å²) in [5.74, 6) is 0.915. The van der Waals surface area contributed by atoms with Crippen LogP contribution in [-0.2, 0) is 5.41 Å². The third-order valence-electron chi connectivity index (χ3n) is 2.87. The Kier molecular flexibility index (Phi) is 3.48. The quantitative estimate of drug-likeness (QED) is 0.905. The SMILES string of the molecule is COc1ccc(-c2nc[nH]c2Br)cc1C(C)(C)C. The lowest BCUT2D eigenvalue weighted by molar-refractivity contribution is 0.397. The van der Waals surface area contributed by atoms with Crippen molar-refractivity contribution in [3.8, 4) is 17.0 Å². The molecule has 0 bridgehead atoms. The van der Waals surface area contributed by atoms with E-state index in [0.717, 1.165) is 21.6 Å². The van der Waals surface area contributed by atoms with Gasteiger partial charge in [0.05, 0.1) is 13.4 Å². The fourth-order valence-corrected chi connectivity index (χ4v) is 2.35. The zero-order valence-corrected chi connectivity index (χ0v) is 12.6. The van der Waals surface area contributed by atoms with Gasteiger partial charge in [-0.05, 0) is 39.5 Å². The van der Waals surface area contributed by atoms with Crippen LogP contribution >= 0.6 is 15.9 Å². The number of hydrogen-bond acceptors (Lipinski definition) is 2. The summed E-state index contributed by atoms with van der Waals surface area (Å²) >= 11 is 3.46. The van der Waals surface area contributed by atoms with Gasteiger partial charge in [0.2, 0.25) is 0 Å². The smallest absolute Gasteiger partial charge is 0.122 e. The largest absolute Gasteiger partial charge is 0.496 e. The Bertz CT molecular complexity index is 555. The maximum atomic E-state index is 5.43. The molecule has 0 aliphatic carbocycles. The molecule has 0 aliphatic rings. The fraction of sp³-hybridized carbons (Fsp3) is 0.357. The molecule has 0 atom stereocenters. The van der Waals surface area contributed by atoms with Crippen molar-refractivity contribution in [1.29, 1.82) is 0 Å². The Morgan fingerprint density at radius 1 is 1.28 bits per heavy atom. The van der Waals surface area contributed by atoms with E-state index in [1.54, 1.807) is 13.4 Å². The first-order valence-corrected chi connectivity index (χ1v) is 6.60. The highest BCUT2D eigenvalue weighted by molar-refractivity contribution is 9.10. The van der Waals surface area contributed by atoms with Crippen LogP contribution in [0.15, 0.2) is 29.1 Å². The number of nitrogens with one attached hydrogen (secondary N) is 1. The molecule has 0 radical (unpaired) electrons.